The molecular formula is C15H10BrClF4N2O. The number of halogens is 6. The highest BCUT2D eigenvalue weighted by Crippen LogP contribution is 2.43. The van der Waals surface area contributed by atoms with Gasteiger partial charge in [-0.2, -0.15) is 18.4 Å². The molecule has 0 amide bonds. The lowest BCUT2D eigenvalue weighted by molar-refractivity contribution is -0.146. The van der Waals surface area contributed by atoms with E-state index in [0.29, 0.717) is 0 Å². The van der Waals surface area contributed by atoms with Crippen LogP contribution in [0.5, 0.6) is 0 Å². The molecule has 0 fully saturated rings. The van der Waals surface area contributed by atoms with E-state index in [1.165, 1.54) is 12.1 Å². The summed E-state index contributed by atoms with van der Waals surface area (Å²) in [6.07, 6.45) is -4.72. The van der Waals surface area contributed by atoms with Crippen LogP contribution in [0.3, 0.4) is 0 Å². The molecule has 0 aliphatic rings. The molecular weight excluding hydrogens is 416 g/mol. The Hall–Kier alpha value is -1.56. The van der Waals surface area contributed by atoms with E-state index in [2.05, 4.69) is 15.9 Å². The van der Waals surface area contributed by atoms with Crippen LogP contribution in [-0.2, 0) is 17.6 Å². The maximum absolute atomic E-state index is 13.4. The van der Waals surface area contributed by atoms with Crippen molar-refractivity contribution in [3.8, 4) is 17.3 Å². The normalized spacial score (nSPS) is 11.5. The van der Waals surface area contributed by atoms with Gasteiger partial charge >= 0.3 is 6.18 Å². The molecule has 2 rings (SSSR count). The number of alkyl halides is 4. The van der Waals surface area contributed by atoms with Crippen molar-refractivity contribution in [2.45, 2.75) is 12.9 Å². The molecule has 0 saturated heterocycles. The van der Waals surface area contributed by atoms with Gasteiger partial charge in [-0.1, -0.05) is 0 Å². The first kappa shape index (κ1) is 18.8. The van der Waals surface area contributed by atoms with E-state index in [1.807, 2.05) is 0 Å². The summed E-state index contributed by atoms with van der Waals surface area (Å²) in [6.45, 7) is -0.409. The van der Waals surface area contributed by atoms with E-state index in [1.54, 1.807) is 6.07 Å². The molecule has 128 valence electrons. The van der Waals surface area contributed by atoms with Crippen molar-refractivity contribution in [1.82, 2.24) is 4.57 Å². The molecule has 2 aromatic rings. The van der Waals surface area contributed by atoms with E-state index in [9.17, 15) is 22.8 Å². The second kappa shape index (κ2) is 7.55. The number of nitrogens with zero attached hydrogens (tertiary/aromatic N) is 2. The number of aromatic nitrogens is 1. The lowest BCUT2D eigenvalue weighted by Crippen LogP contribution is -2.17. The summed E-state index contributed by atoms with van der Waals surface area (Å²) in [5, 5.41) is 9.29. The molecule has 0 saturated carbocycles. The van der Waals surface area contributed by atoms with Crippen molar-refractivity contribution in [3.63, 3.8) is 0 Å². The Bertz CT molecular complexity index is 766. The first-order valence-electron chi connectivity index (χ1n) is 6.60. The Kier molecular flexibility index (Phi) is 5.91. The molecule has 0 atom stereocenters. The Balaban J connectivity index is 2.70. The zero-order valence-corrected chi connectivity index (χ0v) is 14.3. The number of ether oxygens (including phenoxy) is 1. The van der Waals surface area contributed by atoms with Crippen LogP contribution in [0.25, 0.3) is 11.3 Å². The highest BCUT2D eigenvalue weighted by Gasteiger charge is 2.40. The van der Waals surface area contributed by atoms with Gasteiger partial charge in [0.1, 0.15) is 24.3 Å². The molecule has 9 heteroatoms. The zero-order chi connectivity index (χ0) is 17.9. The topological polar surface area (TPSA) is 38.0 Å². The second-order valence-electron chi connectivity index (χ2n) is 4.66. The molecule has 24 heavy (non-hydrogen) atoms. The van der Waals surface area contributed by atoms with Crippen LogP contribution in [0.15, 0.2) is 28.7 Å². The number of benzene rings is 1. The molecule has 0 N–H and O–H groups in total. The third-order valence-electron chi connectivity index (χ3n) is 3.14. The van der Waals surface area contributed by atoms with Crippen molar-refractivity contribution in [2.24, 2.45) is 0 Å². The lowest BCUT2D eigenvalue weighted by Gasteiger charge is -2.15. The van der Waals surface area contributed by atoms with Gasteiger partial charge in [0.05, 0.1) is 22.3 Å². The van der Waals surface area contributed by atoms with Crippen LogP contribution >= 0.6 is 27.5 Å². The van der Waals surface area contributed by atoms with Gasteiger partial charge in [-0.3, -0.25) is 0 Å². The summed E-state index contributed by atoms with van der Waals surface area (Å²) in [5.74, 6) is -0.426. The molecule has 1 aromatic carbocycles. The number of hydrogen-bond acceptors (Lipinski definition) is 2. The zero-order valence-electron chi connectivity index (χ0n) is 12.0. The van der Waals surface area contributed by atoms with Crippen LogP contribution in [-0.4, -0.2) is 17.1 Å². The summed E-state index contributed by atoms with van der Waals surface area (Å²) < 4.78 is 59.0. The predicted octanol–water partition coefficient (Wildman–Crippen LogP) is 5.16. The van der Waals surface area contributed by atoms with Gasteiger partial charge in [-0.15, -0.1) is 11.6 Å². The SMILES string of the molecule is N#Cc1c(Br)c(C(F)(F)F)n(COCCCl)c1-c1ccc(F)cc1. The number of nitriles is 1. The molecule has 0 aliphatic heterocycles. The Labute approximate surface area is 148 Å². The van der Waals surface area contributed by atoms with Crippen molar-refractivity contribution in [1.29, 1.82) is 5.26 Å². The molecule has 0 bridgehead atoms. The highest BCUT2D eigenvalue weighted by atomic mass is 79.9. The molecule has 3 nitrogen and oxygen atoms in total. The van der Waals surface area contributed by atoms with Crippen LogP contribution in [0, 0.1) is 17.1 Å². The fraction of sp³-hybridized carbons (Fsp3) is 0.267. The van der Waals surface area contributed by atoms with Gasteiger partial charge in [0.15, 0.2) is 0 Å². The summed E-state index contributed by atoms with van der Waals surface area (Å²) in [7, 11) is 0. The van der Waals surface area contributed by atoms with E-state index in [-0.39, 0.29) is 33.8 Å². The molecule has 0 unspecified atom stereocenters. The van der Waals surface area contributed by atoms with E-state index >= 15 is 0 Å². The van der Waals surface area contributed by atoms with Gasteiger partial charge in [0, 0.05) is 5.88 Å². The van der Waals surface area contributed by atoms with Crippen molar-refractivity contribution < 1.29 is 22.3 Å². The molecule has 0 radical (unpaired) electrons. The Morgan fingerprint density at radius 1 is 1.25 bits per heavy atom. The average Bonchev–Trinajstić information content (AvgIpc) is 2.80. The average molecular weight is 426 g/mol. The highest BCUT2D eigenvalue weighted by molar-refractivity contribution is 9.10. The van der Waals surface area contributed by atoms with E-state index in [0.717, 1.165) is 16.7 Å². The van der Waals surface area contributed by atoms with Gasteiger partial charge in [-0.05, 0) is 45.8 Å². The van der Waals surface area contributed by atoms with Crippen LogP contribution in [0.4, 0.5) is 17.6 Å². The molecule has 0 spiro atoms. The summed E-state index contributed by atoms with van der Waals surface area (Å²) in [6, 6.07) is 6.57. The minimum atomic E-state index is -4.72. The fourth-order valence-corrected chi connectivity index (χ4v) is 3.04. The van der Waals surface area contributed by atoms with Gasteiger partial charge in [-0.25, -0.2) is 4.39 Å². The summed E-state index contributed by atoms with van der Waals surface area (Å²) in [5.41, 5.74) is -0.999. The van der Waals surface area contributed by atoms with Crippen LogP contribution in [0.2, 0.25) is 0 Å². The monoisotopic (exact) mass is 424 g/mol. The minimum absolute atomic E-state index is 0.00808. The molecule has 1 aromatic heterocycles. The third kappa shape index (κ3) is 3.74. The second-order valence-corrected chi connectivity index (χ2v) is 5.83. The standard InChI is InChI=1S/C15H10BrClF4N2O/c16-12-11(7-22)13(9-1-3-10(18)4-2-9)23(8-24-6-5-17)14(12)15(19,20)21/h1-4H,5-6,8H2. The Morgan fingerprint density at radius 2 is 1.88 bits per heavy atom. The Morgan fingerprint density at radius 3 is 2.38 bits per heavy atom. The van der Waals surface area contributed by atoms with Crippen molar-refractivity contribution in [3.05, 3.63) is 45.8 Å². The van der Waals surface area contributed by atoms with Gasteiger partial charge < -0.3 is 9.30 Å². The number of hydrogen-bond donors (Lipinski definition) is 0. The quantitative estimate of drug-likeness (QED) is 0.377. The smallest absolute Gasteiger partial charge is 0.360 e. The lowest BCUT2D eigenvalue weighted by atomic mass is 10.1. The first-order chi connectivity index (χ1) is 11.3. The number of rotatable bonds is 5. The van der Waals surface area contributed by atoms with E-state index in [4.69, 9.17) is 16.3 Å². The first-order valence-corrected chi connectivity index (χ1v) is 7.93. The van der Waals surface area contributed by atoms with Crippen molar-refractivity contribution >= 4 is 27.5 Å². The maximum atomic E-state index is 13.4. The summed E-state index contributed by atoms with van der Waals surface area (Å²) in [4.78, 5) is 0. The largest absolute Gasteiger partial charge is 0.432 e. The van der Waals surface area contributed by atoms with Crippen molar-refractivity contribution in [2.75, 3.05) is 12.5 Å². The van der Waals surface area contributed by atoms with Gasteiger partial charge in [0.25, 0.3) is 0 Å². The predicted molar refractivity (Wildman–Crippen MR) is 83.9 cm³/mol. The van der Waals surface area contributed by atoms with Crippen LogP contribution in [0.1, 0.15) is 11.3 Å². The minimum Gasteiger partial charge on any atom is -0.360 e. The molecule has 1 heterocycles. The maximum Gasteiger partial charge on any atom is 0.432 e. The third-order valence-corrected chi connectivity index (χ3v) is 4.07. The fourth-order valence-electron chi connectivity index (χ4n) is 2.21. The molecule has 0 aliphatic carbocycles. The van der Waals surface area contributed by atoms with Gasteiger partial charge in [0.2, 0.25) is 0 Å². The van der Waals surface area contributed by atoms with E-state index < -0.39 is 24.4 Å². The van der Waals surface area contributed by atoms with Crippen LogP contribution < -0.4 is 0 Å². The summed E-state index contributed by atoms with van der Waals surface area (Å²) >= 11 is 8.33.